The normalized spacial score (nSPS) is 16.3. The number of aromatic nitrogens is 6. The van der Waals surface area contributed by atoms with E-state index in [0.29, 0.717) is 30.3 Å². The highest BCUT2D eigenvalue weighted by molar-refractivity contribution is 5.84. The van der Waals surface area contributed by atoms with Gasteiger partial charge in [-0.15, -0.1) is 0 Å². The Labute approximate surface area is 180 Å². The summed E-state index contributed by atoms with van der Waals surface area (Å²) in [4.78, 5) is 26.8. The second-order valence-corrected chi connectivity index (χ2v) is 7.65. The molecule has 1 saturated heterocycles. The minimum atomic E-state index is -0.504. The van der Waals surface area contributed by atoms with E-state index in [0.717, 1.165) is 6.42 Å². The minimum Gasteiger partial charge on any atom is -0.381 e. The molecular formula is C22H17FN6O3. The van der Waals surface area contributed by atoms with E-state index < -0.39 is 11.4 Å². The van der Waals surface area contributed by atoms with Crippen LogP contribution in [0.25, 0.3) is 28.1 Å². The Hall–Kier alpha value is -3.92. The fourth-order valence-electron chi connectivity index (χ4n) is 4.12. The van der Waals surface area contributed by atoms with Crippen LogP contribution >= 0.6 is 0 Å². The van der Waals surface area contributed by atoms with Crippen LogP contribution in [0.5, 0.6) is 0 Å². The van der Waals surface area contributed by atoms with Crippen LogP contribution in [0, 0.1) is 5.82 Å². The van der Waals surface area contributed by atoms with Gasteiger partial charge in [0, 0.05) is 12.8 Å². The summed E-state index contributed by atoms with van der Waals surface area (Å²) < 4.78 is 28.7. The molecule has 9 nitrogen and oxygen atoms in total. The van der Waals surface area contributed by atoms with Crippen molar-refractivity contribution in [1.82, 2.24) is 29.1 Å². The van der Waals surface area contributed by atoms with Gasteiger partial charge in [0.1, 0.15) is 28.9 Å². The zero-order valence-corrected chi connectivity index (χ0v) is 16.8. The predicted molar refractivity (Wildman–Crippen MR) is 112 cm³/mol. The third-order valence-corrected chi connectivity index (χ3v) is 5.69. The summed E-state index contributed by atoms with van der Waals surface area (Å²) in [5, 5.41) is 4.05. The summed E-state index contributed by atoms with van der Waals surface area (Å²) in [6.45, 7) is 1.27. The van der Waals surface area contributed by atoms with E-state index in [4.69, 9.17) is 9.26 Å². The SMILES string of the molecule is O=c1c2c(-c3noc(C4CCOC4)n3)ncn2c2cccc(F)c2n1Cc1ccccn1. The van der Waals surface area contributed by atoms with Gasteiger partial charge in [-0.05, 0) is 30.7 Å². The third kappa shape index (κ3) is 2.91. The van der Waals surface area contributed by atoms with E-state index >= 15 is 0 Å². The number of nitrogens with zero attached hydrogens (tertiary/aromatic N) is 6. The van der Waals surface area contributed by atoms with Crippen molar-refractivity contribution >= 4 is 16.6 Å². The first-order valence-electron chi connectivity index (χ1n) is 10.2. The lowest BCUT2D eigenvalue weighted by Gasteiger charge is -2.13. The summed E-state index contributed by atoms with van der Waals surface area (Å²) in [5.41, 5.74) is 1.42. The largest absolute Gasteiger partial charge is 0.381 e. The molecule has 0 aliphatic carbocycles. The van der Waals surface area contributed by atoms with E-state index in [1.807, 2.05) is 6.07 Å². The molecule has 5 aromatic rings. The number of rotatable bonds is 4. The van der Waals surface area contributed by atoms with E-state index in [-0.39, 0.29) is 35.0 Å². The fourth-order valence-corrected chi connectivity index (χ4v) is 4.12. The summed E-state index contributed by atoms with van der Waals surface area (Å²) in [6, 6.07) is 10.1. The first-order valence-corrected chi connectivity index (χ1v) is 10.2. The van der Waals surface area contributed by atoms with Crippen LogP contribution in [-0.2, 0) is 11.3 Å². The van der Waals surface area contributed by atoms with Crippen LogP contribution in [-0.4, -0.2) is 42.3 Å². The Bertz CT molecular complexity index is 1500. The molecule has 0 radical (unpaired) electrons. The third-order valence-electron chi connectivity index (χ3n) is 5.69. The van der Waals surface area contributed by atoms with Crippen LogP contribution in [0.1, 0.15) is 23.9 Å². The highest BCUT2D eigenvalue weighted by Crippen LogP contribution is 2.28. The molecular weight excluding hydrogens is 415 g/mol. The Morgan fingerprint density at radius 2 is 2.06 bits per heavy atom. The van der Waals surface area contributed by atoms with Crippen LogP contribution in [0.4, 0.5) is 4.39 Å². The lowest BCUT2D eigenvalue weighted by molar-refractivity contribution is 0.189. The molecule has 1 aliphatic rings. The van der Waals surface area contributed by atoms with E-state index in [2.05, 4.69) is 20.1 Å². The Kier molecular flexibility index (Phi) is 4.32. The maximum atomic E-state index is 14.9. The Morgan fingerprint density at radius 3 is 2.88 bits per heavy atom. The Balaban J connectivity index is 1.58. The highest BCUT2D eigenvalue weighted by Gasteiger charge is 2.26. The number of ether oxygens (including phenoxy) is 1. The van der Waals surface area contributed by atoms with Gasteiger partial charge in [-0.1, -0.05) is 17.3 Å². The second kappa shape index (κ2) is 7.34. The maximum absolute atomic E-state index is 14.9. The molecule has 4 aromatic heterocycles. The molecule has 1 aromatic carbocycles. The summed E-state index contributed by atoms with van der Waals surface area (Å²) in [5.74, 6) is 0.197. The smallest absolute Gasteiger partial charge is 0.278 e. The number of hydrogen-bond donors (Lipinski definition) is 0. The van der Waals surface area contributed by atoms with Crippen LogP contribution in [0.3, 0.4) is 0 Å². The van der Waals surface area contributed by atoms with Crippen molar-refractivity contribution in [2.75, 3.05) is 13.2 Å². The molecule has 1 unspecified atom stereocenters. The van der Waals surface area contributed by atoms with Gasteiger partial charge in [0.05, 0.1) is 30.3 Å². The average Bonchev–Trinajstić information content (AvgIpc) is 3.57. The zero-order chi connectivity index (χ0) is 21.7. The summed E-state index contributed by atoms with van der Waals surface area (Å²) >= 11 is 0. The molecule has 0 saturated carbocycles. The van der Waals surface area contributed by atoms with Gasteiger partial charge in [0.15, 0.2) is 0 Å². The van der Waals surface area contributed by atoms with Crippen molar-refractivity contribution in [2.24, 2.45) is 0 Å². The molecule has 10 heteroatoms. The van der Waals surface area contributed by atoms with Gasteiger partial charge in [-0.3, -0.25) is 18.7 Å². The average molecular weight is 432 g/mol. The van der Waals surface area contributed by atoms with Crippen molar-refractivity contribution in [3.8, 4) is 11.5 Å². The number of imidazole rings is 1. The first-order chi connectivity index (χ1) is 15.7. The van der Waals surface area contributed by atoms with Crippen LogP contribution in [0.2, 0.25) is 0 Å². The standard InChI is InChI=1S/C22H17FN6O3/c23-15-5-3-6-16-18(15)28(10-14-4-1-2-8-24-14)22(30)19-17(25-12-29(16)19)20-26-21(32-27-20)13-7-9-31-11-13/h1-6,8,12-13H,7,9-11H2. The molecule has 0 bridgehead atoms. The van der Waals surface area contributed by atoms with Crippen molar-refractivity contribution < 1.29 is 13.7 Å². The lowest BCUT2D eigenvalue weighted by Crippen LogP contribution is -2.24. The molecule has 1 atom stereocenters. The van der Waals surface area contributed by atoms with Gasteiger partial charge in [0.2, 0.25) is 11.7 Å². The number of halogens is 1. The monoisotopic (exact) mass is 432 g/mol. The first kappa shape index (κ1) is 18.8. The number of fused-ring (bicyclic) bond motifs is 3. The molecule has 1 aliphatic heterocycles. The molecule has 5 heterocycles. The predicted octanol–water partition coefficient (Wildman–Crippen LogP) is 2.79. The molecule has 1 fully saturated rings. The zero-order valence-electron chi connectivity index (χ0n) is 16.8. The van der Waals surface area contributed by atoms with Gasteiger partial charge in [-0.25, -0.2) is 9.37 Å². The van der Waals surface area contributed by atoms with Crippen molar-refractivity contribution in [3.05, 3.63) is 76.7 Å². The highest BCUT2D eigenvalue weighted by atomic mass is 19.1. The fraction of sp³-hybridized carbons (Fsp3) is 0.227. The van der Waals surface area contributed by atoms with Crippen molar-refractivity contribution in [1.29, 1.82) is 0 Å². The molecule has 0 amide bonds. The lowest BCUT2D eigenvalue weighted by atomic mass is 10.1. The maximum Gasteiger partial charge on any atom is 0.278 e. The number of hydrogen-bond acceptors (Lipinski definition) is 7. The van der Waals surface area contributed by atoms with E-state index in [1.54, 1.807) is 34.9 Å². The molecule has 6 rings (SSSR count). The summed E-state index contributed by atoms with van der Waals surface area (Å²) in [6.07, 6.45) is 3.91. The second-order valence-electron chi connectivity index (χ2n) is 7.65. The van der Waals surface area contributed by atoms with Gasteiger partial charge >= 0.3 is 0 Å². The molecule has 160 valence electrons. The summed E-state index contributed by atoms with van der Waals surface area (Å²) in [7, 11) is 0. The van der Waals surface area contributed by atoms with Crippen molar-refractivity contribution in [3.63, 3.8) is 0 Å². The van der Waals surface area contributed by atoms with Crippen molar-refractivity contribution in [2.45, 2.75) is 18.9 Å². The Morgan fingerprint density at radius 1 is 1.12 bits per heavy atom. The minimum absolute atomic E-state index is 0.0286. The molecule has 0 N–H and O–H groups in total. The van der Waals surface area contributed by atoms with E-state index in [1.165, 1.54) is 17.0 Å². The van der Waals surface area contributed by atoms with Crippen LogP contribution < -0.4 is 5.56 Å². The molecule has 32 heavy (non-hydrogen) atoms. The van der Waals surface area contributed by atoms with Gasteiger partial charge < -0.3 is 9.26 Å². The quantitative estimate of drug-likeness (QED) is 0.430. The van der Waals surface area contributed by atoms with Crippen LogP contribution in [0.15, 0.2) is 58.2 Å². The van der Waals surface area contributed by atoms with Gasteiger partial charge in [0.25, 0.3) is 5.56 Å². The molecule has 0 spiro atoms. The number of benzene rings is 1. The van der Waals surface area contributed by atoms with Gasteiger partial charge in [-0.2, -0.15) is 4.98 Å². The number of pyridine rings is 1. The number of para-hydroxylation sites is 1. The topological polar surface area (TPSA) is 100 Å². The van der Waals surface area contributed by atoms with E-state index in [9.17, 15) is 9.18 Å².